The number of hydrogen-bond acceptors (Lipinski definition) is 5. The Bertz CT molecular complexity index is 1060. The summed E-state index contributed by atoms with van der Waals surface area (Å²) in [5, 5.41) is 5.52. The van der Waals surface area contributed by atoms with Crippen LogP contribution in [0, 0.1) is 12.8 Å². The van der Waals surface area contributed by atoms with Crippen molar-refractivity contribution in [2.75, 3.05) is 31.6 Å². The molecule has 2 N–H and O–H groups in total. The molecule has 8 nitrogen and oxygen atoms in total. The fraction of sp³-hybridized carbons (Fsp3) is 0.391. The first kappa shape index (κ1) is 23.9. The summed E-state index contributed by atoms with van der Waals surface area (Å²) in [5.41, 5.74) is 1.85. The fourth-order valence-electron chi connectivity index (χ4n) is 3.35. The van der Waals surface area contributed by atoms with Gasteiger partial charge in [-0.05, 0) is 43.2 Å². The van der Waals surface area contributed by atoms with Gasteiger partial charge in [0.2, 0.25) is 15.9 Å². The number of nitrogens with one attached hydrogen (secondary N) is 2. The Morgan fingerprint density at radius 3 is 2.31 bits per heavy atom. The van der Waals surface area contributed by atoms with Gasteiger partial charge in [0.25, 0.3) is 5.91 Å². The maximum atomic E-state index is 12.9. The van der Waals surface area contributed by atoms with Crippen LogP contribution in [-0.4, -0.2) is 56.9 Å². The van der Waals surface area contributed by atoms with E-state index in [1.807, 2.05) is 32.9 Å². The summed E-state index contributed by atoms with van der Waals surface area (Å²) in [6, 6.07) is 12.4. The van der Waals surface area contributed by atoms with Gasteiger partial charge in [0.15, 0.2) is 0 Å². The van der Waals surface area contributed by atoms with E-state index in [9.17, 15) is 18.0 Å². The smallest absolute Gasteiger partial charge is 0.251 e. The predicted molar refractivity (Wildman–Crippen MR) is 122 cm³/mol. The van der Waals surface area contributed by atoms with E-state index in [1.165, 1.54) is 16.4 Å². The quantitative estimate of drug-likeness (QED) is 0.662. The second-order valence-electron chi connectivity index (χ2n) is 8.09. The number of hydrogen-bond donors (Lipinski definition) is 2. The van der Waals surface area contributed by atoms with Crippen molar-refractivity contribution in [3.8, 4) is 0 Å². The summed E-state index contributed by atoms with van der Waals surface area (Å²) in [6.07, 6.45) is 0. The molecule has 1 atom stereocenters. The standard InChI is InChI=1S/C23H29N3O5S/c1-16(2)21(25-22(27)18-9-7-17(3)8-10-18)23(28)24-19-5-4-6-20(15-19)32(29,30)26-11-13-31-14-12-26/h4-10,15-16,21H,11-14H2,1-3H3,(H,24,28)(H,25,27). The van der Waals surface area contributed by atoms with Gasteiger partial charge in [0, 0.05) is 24.3 Å². The number of morpholine rings is 1. The molecule has 0 bridgehead atoms. The molecule has 2 aromatic carbocycles. The zero-order chi connectivity index (χ0) is 23.3. The maximum absolute atomic E-state index is 12.9. The minimum atomic E-state index is -3.68. The third-order valence-corrected chi connectivity index (χ3v) is 7.15. The lowest BCUT2D eigenvalue weighted by molar-refractivity contribution is -0.118. The summed E-state index contributed by atoms with van der Waals surface area (Å²) in [7, 11) is -3.68. The van der Waals surface area contributed by atoms with E-state index in [2.05, 4.69) is 10.6 Å². The minimum Gasteiger partial charge on any atom is -0.379 e. The van der Waals surface area contributed by atoms with Crippen molar-refractivity contribution in [2.45, 2.75) is 31.7 Å². The van der Waals surface area contributed by atoms with Crippen LogP contribution in [0.3, 0.4) is 0 Å². The third kappa shape index (κ3) is 5.73. The van der Waals surface area contributed by atoms with Gasteiger partial charge in [0.1, 0.15) is 6.04 Å². The number of amides is 2. The van der Waals surface area contributed by atoms with E-state index in [-0.39, 0.29) is 16.7 Å². The molecular weight excluding hydrogens is 430 g/mol. The van der Waals surface area contributed by atoms with E-state index in [0.29, 0.717) is 37.6 Å². The molecule has 2 aromatic rings. The summed E-state index contributed by atoms with van der Waals surface area (Å²) in [6.45, 7) is 6.88. The molecule has 2 amide bonds. The lowest BCUT2D eigenvalue weighted by Gasteiger charge is -2.26. The molecule has 0 saturated carbocycles. The molecule has 1 heterocycles. The molecule has 1 saturated heterocycles. The van der Waals surface area contributed by atoms with Crippen LogP contribution in [0.25, 0.3) is 0 Å². The summed E-state index contributed by atoms with van der Waals surface area (Å²) < 4.78 is 32.4. The van der Waals surface area contributed by atoms with Crippen molar-refractivity contribution in [2.24, 2.45) is 5.92 Å². The van der Waals surface area contributed by atoms with Crippen LogP contribution in [0.5, 0.6) is 0 Å². The maximum Gasteiger partial charge on any atom is 0.251 e. The van der Waals surface area contributed by atoms with Crippen LogP contribution in [0.2, 0.25) is 0 Å². The number of carbonyl (C=O) groups is 2. The molecule has 0 spiro atoms. The third-order valence-electron chi connectivity index (χ3n) is 5.26. The molecule has 1 fully saturated rings. The minimum absolute atomic E-state index is 0.0991. The number of ether oxygens (including phenoxy) is 1. The topological polar surface area (TPSA) is 105 Å². The molecule has 0 aromatic heterocycles. The SMILES string of the molecule is Cc1ccc(C(=O)NC(C(=O)Nc2cccc(S(=O)(=O)N3CCOCC3)c2)C(C)C)cc1. The van der Waals surface area contributed by atoms with Crippen molar-refractivity contribution in [1.82, 2.24) is 9.62 Å². The molecular formula is C23H29N3O5S. The average molecular weight is 460 g/mol. The number of carbonyl (C=O) groups excluding carboxylic acids is 2. The molecule has 1 unspecified atom stereocenters. The molecule has 9 heteroatoms. The van der Waals surface area contributed by atoms with Crippen LogP contribution < -0.4 is 10.6 Å². The summed E-state index contributed by atoms with van der Waals surface area (Å²) >= 11 is 0. The lowest BCUT2D eigenvalue weighted by atomic mass is 10.0. The fourth-order valence-corrected chi connectivity index (χ4v) is 4.81. The normalized spacial score (nSPS) is 15.9. The van der Waals surface area contributed by atoms with E-state index >= 15 is 0 Å². The first-order chi connectivity index (χ1) is 15.2. The zero-order valence-electron chi connectivity index (χ0n) is 18.5. The van der Waals surface area contributed by atoms with Crippen LogP contribution in [0.1, 0.15) is 29.8 Å². The molecule has 172 valence electrons. The van der Waals surface area contributed by atoms with Crippen LogP contribution in [0.4, 0.5) is 5.69 Å². The summed E-state index contributed by atoms with van der Waals surface area (Å²) in [4.78, 5) is 25.6. The lowest BCUT2D eigenvalue weighted by Crippen LogP contribution is -2.47. The molecule has 1 aliphatic rings. The van der Waals surface area contributed by atoms with Gasteiger partial charge in [-0.25, -0.2) is 8.42 Å². The van der Waals surface area contributed by atoms with Crippen LogP contribution in [0.15, 0.2) is 53.4 Å². The highest BCUT2D eigenvalue weighted by Gasteiger charge is 2.28. The molecule has 0 aliphatic carbocycles. The van der Waals surface area contributed by atoms with Crippen molar-refractivity contribution in [3.63, 3.8) is 0 Å². The van der Waals surface area contributed by atoms with Gasteiger partial charge < -0.3 is 15.4 Å². The van der Waals surface area contributed by atoms with Crippen molar-refractivity contribution < 1.29 is 22.7 Å². The van der Waals surface area contributed by atoms with E-state index in [4.69, 9.17) is 4.74 Å². The van der Waals surface area contributed by atoms with Crippen LogP contribution >= 0.6 is 0 Å². The van der Waals surface area contributed by atoms with Crippen molar-refractivity contribution in [1.29, 1.82) is 0 Å². The van der Waals surface area contributed by atoms with Gasteiger partial charge in [-0.15, -0.1) is 0 Å². The Kier molecular flexibility index (Phi) is 7.65. The monoisotopic (exact) mass is 459 g/mol. The second-order valence-corrected chi connectivity index (χ2v) is 10.0. The Hall–Kier alpha value is -2.75. The Morgan fingerprint density at radius 1 is 1.03 bits per heavy atom. The molecule has 0 radical (unpaired) electrons. The highest BCUT2D eigenvalue weighted by molar-refractivity contribution is 7.89. The highest BCUT2D eigenvalue weighted by atomic mass is 32.2. The van der Waals surface area contributed by atoms with Crippen LogP contribution in [-0.2, 0) is 19.6 Å². The summed E-state index contributed by atoms with van der Waals surface area (Å²) in [5.74, 6) is -0.937. The highest BCUT2D eigenvalue weighted by Crippen LogP contribution is 2.21. The van der Waals surface area contributed by atoms with Crippen molar-refractivity contribution >= 4 is 27.5 Å². The first-order valence-corrected chi connectivity index (χ1v) is 12.0. The Labute approximate surface area is 189 Å². The first-order valence-electron chi connectivity index (χ1n) is 10.5. The molecule has 3 rings (SSSR count). The van der Waals surface area contributed by atoms with E-state index < -0.39 is 22.0 Å². The number of nitrogens with zero attached hydrogens (tertiary/aromatic N) is 1. The Balaban J connectivity index is 1.73. The van der Waals surface area contributed by atoms with Gasteiger partial charge in [-0.2, -0.15) is 4.31 Å². The number of anilines is 1. The van der Waals surface area contributed by atoms with E-state index in [0.717, 1.165) is 5.56 Å². The largest absolute Gasteiger partial charge is 0.379 e. The predicted octanol–water partition coefficient (Wildman–Crippen LogP) is 2.41. The second kappa shape index (κ2) is 10.2. The molecule has 32 heavy (non-hydrogen) atoms. The number of aryl methyl sites for hydroxylation is 1. The van der Waals surface area contributed by atoms with Gasteiger partial charge in [-0.1, -0.05) is 37.6 Å². The number of sulfonamides is 1. The van der Waals surface area contributed by atoms with Gasteiger partial charge in [-0.3, -0.25) is 9.59 Å². The molecule has 1 aliphatic heterocycles. The van der Waals surface area contributed by atoms with Gasteiger partial charge in [0.05, 0.1) is 18.1 Å². The zero-order valence-corrected chi connectivity index (χ0v) is 19.3. The number of rotatable bonds is 7. The Morgan fingerprint density at radius 2 is 1.69 bits per heavy atom. The van der Waals surface area contributed by atoms with Crippen molar-refractivity contribution in [3.05, 3.63) is 59.7 Å². The van der Waals surface area contributed by atoms with E-state index in [1.54, 1.807) is 24.3 Å². The van der Waals surface area contributed by atoms with Gasteiger partial charge >= 0.3 is 0 Å². The number of benzene rings is 2. The average Bonchev–Trinajstić information content (AvgIpc) is 2.78.